The molecule has 6 heteroatoms. The zero-order chi connectivity index (χ0) is 8.59. The van der Waals surface area contributed by atoms with Crippen LogP contribution >= 0.6 is 12.2 Å². The summed E-state index contributed by atoms with van der Waals surface area (Å²) in [5.74, 6) is 0.387. The van der Waals surface area contributed by atoms with Gasteiger partial charge in [0.25, 0.3) is 5.56 Å². The molecule has 0 bridgehead atoms. The van der Waals surface area contributed by atoms with Gasteiger partial charge in [0, 0.05) is 39.6 Å². The molecule has 0 aliphatic rings. The molecule has 1 aromatic rings. The van der Waals surface area contributed by atoms with E-state index in [-0.39, 0.29) is 25.0 Å². The van der Waals surface area contributed by atoms with Gasteiger partial charge in [0.05, 0.1) is 0 Å². The van der Waals surface area contributed by atoms with E-state index in [2.05, 4.69) is 0 Å². The average molecular weight is 237 g/mol. The summed E-state index contributed by atoms with van der Waals surface area (Å²) < 4.78 is 3.37. The molecule has 0 aliphatic carbocycles. The Balaban J connectivity index is 0.00000121. The Kier molecular flexibility index (Phi) is 3.80. The quantitative estimate of drug-likeness (QED) is 0.511. The minimum atomic E-state index is -0.175. The number of anilines is 1. The Morgan fingerprint density at radius 3 is 2.42 bits per heavy atom. The van der Waals surface area contributed by atoms with Gasteiger partial charge in [0.1, 0.15) is 5.82 Å². The molecule has 0 atom stereocenters. The summed E-state index contributed by atoms with van der Waals surface area (Å²) in [6.07, 6.45) is 0. The summed E-state index contributed by atoms with van der Waals surface area (Å²) in [6, 6.07) is 1.34. The van der Waals surface area contributed by atoms with Crippen LogP contribution in [-0.4, -0.2) is 9.13 Å². The molecule has 0 unspecified atom stereocenters. The van der Waals surface area contributed by atoms with Crippen molar-refractivity contribution in [2.45, 2.75) is 0 Å². The minimum Gasteiger partial charge on any atom is -0.385 e. The predicted octanol–water partition coefficient (Wildman–Crippen LogP) is 0.0330. The van der Waals surface area contributed by atoms with Gasteiger partial charge in [0.15, 0.2) is 4.77 Å². The molecule has 0 fully saturated rings. The van der Waals surface area contributed by atoms with Gasteiger partial charge in [0.2, 0.25) is 0 Å². The number of hydrogen-bond donors (Lipinski definition) is 1. The first-order valence-corrected chi connectivity index (χ1v) is 3.47. The zero-order valence-corrected chi connectivity index (χ0v) is 10.9. The van der Waals surface area contributed by atoms with Gasteiger partial charge >= 0.3 is 0 Å². The fourth-order valence-electron chi connectivity index (χ4n) is 0.750. The number of aromatic nitrogens is 2. The molecule has 0 aliphatic heterocycles. The summed E-state index contributed by atoms with van der Waals surface area (Å²) in [5.41, 5.74) is 5.30. The Labute approximate surface area is 87.8 Å². The van der Waals surface area contributed by atoms with E-state index in [0.29, 0.717) is 10.6 Å². The van der Waals surface area contributed by atoms with Crippen LogP contribution in [0.25, 0.3) is 0 Å². The maximum Gasteiger partial charge on any atom is 0.256 e. The maximum atomic E-state index is 11.0. The Morgan fingerprint density at radius 1 is 1.42 bits per heavy atom. The number of rotatable bonds is 0. The maximum absolute atomic E-state index is 11.0. The molecule has 0 radical (unpaired) electrons. The summed E-state index contributed by atoms with van der Waals surface area (Å²) in [5, 5.41) is 0. The third-order valence-electron chi connectivity index (χ3n) is 1.56. The van der Waals surface area contributed by atoms with E-state index in [0.717, 1.165) is 0 Å². The molecule has 0 saturated carbocycles. The summed E-state index contributed by atoms with van der Waals surface area (Å²) >= 11 is 4.92. The SMILES string of the molecule is Cn1c(N)cc(=O)n(C)c1=S.[Zn]. The fraction of sp³-hybridized carbons (Fsp3) is 0.333. The van der Waals surface area contributed by atoms with Crippen molar-refractivity contribution in [3.05, 3.63) is 21.2 Å². The van der Waals surface area contributed by atoms with Crippen LogP contribution in [0.4, 0.5) is 5.82 Å². The van der Waals surface area contributed by atoms with E-state index in [9.17, 15) is 4.79 Å². The summed E-state index contributed by atoms with van der Waals surface area (Å²) in [6.45, 7) is 0. The molecule has 1 heterocycles. The van der Waals surface area contributed by atoms with Crippen LogP contribution in [0.2, 0.25) is 0 Å². The van der Waals surface area contributed by atoms with Crippen molar-refractivity contribution in [1.29, 1.82) is 0 Å². The van der Waals surface area contributed by atoms with Gasteiger partial charge in [-0.15, -0.1) is 0 Å². The Morgan fingerprint density at radius 2 is 1.92 bits per heavy atom. The van der Waals surface area contributed by atoms with Crippen LogP contribution < -0.4 is 11.3 Å². The molecule has 0 spiro atoms. The molecule has 12 heavy (non-hydrogen) atoms. The zero-order valence-electron chi connectivity index (χ0n) is 7.07. The van der Waals surface area contributed by atoms with E-state index in [1.165, 1.54) is 10.6 Å². The normalized spacial score (nSPS) is 9.17. The minimum absolute atomic E-state index is 0. The van der Waals surface area contributed by atoms with Gasteiger partial charge in [-0.1, -0.05) is 0 Å². The third kappa shape index (κ3) is 1.82. The van der Waals surface area contributed by atoms with Crippen molar-refractivity contribution in [3.8, 4) is 0 Å². The molecule has 1 rings (SSSR count). The first-order valence-electron chi connectivity index (χ1n) is 3.06. The van der Waals surface area contributed by atoms with Crippen molar-refractivity contribution in [3.63, 3.8) is 0 Å². The molecule has 2 N–H and O–H groups in total. The molecule has 1 aromatic heterocycles. The predicted molar refractivity (Wildman–Crippen MR) is 45.9 cm³/mol. The van der Waals surface area contributed by atoms with E-state index in [1.54, 1.807) is 18.7 Å². The molecule has 0 amide bonds. The second-order valence-electron chi connectivity index (χ2n) is 2.31. The van der Waals surface area contributed by atoms with Crippen LogP contribution in [0.15, 0.2) is 10.9 Å². The monoisotopic (exact) mass is 235 g/mol. The number of nitrogens with zero attached hydrogens (tertiary/aromatic N) is 2. The van der Waals surface area contributed by atoms with Crippen molar-refractivity contribution in [1.82, 2.24) is 9.13 Å². The molecule has 0 saturated heterocycles. The largest absolute Gasteiger partial charge is 0.385 e. The molecule has 4 nitrogen and oxygen atoms in total. The summed E-state index contributed by atoms with van der Waals surface area (Å²) in [7, 11) is 3.33. The fourth-order valence-corrected chi connectivity index (χ4v) is 0.945. The molecular formula is C6H9N3OSZn. The van der Waals surface area contributed by atoms with Gasteiger partial charge in [-0.05, 0) is 12.2 Å². The summed E-state index contributed by atoms with van der Waals surface area (Å²) in [4.78, 5) is 11.0. The molecule has 62 valence electrons. The average Bonchev–Trinajstić information content (AvgIpc) is 1.97. The third-order valence-corrected chi connectivity index (χ3v) is 2.11. The van der Waals surface area contributed by atoms with Gasteiger partial charge in [-0.25, -0.2) is 0 Å². The standard InChI is InChI=1S/C6H9N3OS.Zn/c1-8-4(7)3-5(10)9(2)6(8)11;/h3H,7H2,1-2H3;. The Bertz CT molecular complexity index is 395. The molecule has 0 aromatic carbocycles. The Hall–Kier alpha value is -0.477. The van der Waals surface area contributed by atoms with E-state index in [1.807, 2.05) is 0 Å². The van der Waals surface area contributed by atoms with Gasteiger partial charge < -0.3 is 10.3 Å². The first kappa shape index (κ1) is 11.5. The van der Waals surface area contributed by atoms with Crippen LogP contribution in [0.3, 0.4) is 0 Å². The van der Waals surface area contributed by atoms with E-state index >= 15 is 0 Å². The van der Waals surface area contributed by atoms with Crippen LogP contribution in [0.1, 0.15) is 0 Å². The van der Waals surface area contributed by atoms with Crippen molar-refractivity contribution in [2.24, 2.45) is 14.1 Å². The van der Waals surface area contributed by atoms with E-state index in [4.69, 9.17) is 18.0 Å². The molecular weight excluding hydrogens is 228 g/mol. The van der Waals surface area contributed by atoms with Crippen LogP contribution in [-0.2, 0) is 33.6 Å². The second-order valence-corrected chi connectivity index (χ2v) is 2.67. The smallest absolute Gasteiger partial charge is 0.256 e. The van der Waals surface area contributed by atoms with Crippen molar-refractivity contribution >= 4 is 18.0 Å². The van der Waals surface area contributed by atoms with Crippen molar-refractivity contribution in [2.75, 3.05) is 5.73 Å². The number of nitrogens with two attached hydrogens (primary N) is 1. The van der Waals surface area contributed by atoms with Gasteiger partial charge in [-0.3, -0.25) is 9.36 Å². The van der Waals surface area contributed by atoms with Crippen LogP contribution in [0.5, 0.6) is 0 Å². The number of hydrogen-bond acceptors (Lipinski definition) is 3. The van der Waals surface area contributed by atoms with Crippen LogP contribution in [0, 0.1) is 4.77 Å². The first-order chi connectivity index (χ1) is 5.04. The van der Waals surface area contributed by atoms with Crippen molar-refractivity contribution < 1.29 is 19.5 Å². The topological polar surface area (TPSA) is 52.9 Å². The van der Waals surface area contributed by atoms with Gasteiger partial charge in [-0.2, -0.15) is 0 Å². The number of nitrogen functional groups attached to an aromatic ring is 1. The second kappa shape index (κ2) is 3.96. The van der Waals surface area contributed by atoms with E-state index < -0.39 is 0 Å².